The van der Waals surface area contributed by atoms with Crippen LogP contribution in [-0.4, -0.2) is 24.9 Å². The van der Waals surface area contributed by atoms with Gasteiger partial charge in [0.2, 0.25) is 0 Å². The monoisotopic (exact) mass is 384 g/mol. The predicted molar refractivity (Wildman–Crippen MR) is 103 cm³/mol. The summed E-state index contributed by atoms with van der Waals surface area (Å²) in [6.07, 6.45) is 0. The topological polar surface area (TPSA) is 75.7 Å². The molecule has 2 amide bonds. The second-order valence-corrected chi connectivity index (χ2v) is 6.45. The molecular weight excluding hydrogens is 368 g/mol. The Kier molecular flexibility index (Phi) is 5.01. The summed E-state index contributed by atoms with van der Waals surface area (Å²) in [7, 11) is 1.23. The van der Waals surface area contributed by atoms with Gasteiger partial charge in [-0.1, -0.05) is 29.8 Å². The van der Waals surface area contributed by atoms with Crippen LogP contribution >= 0.6 is 11.6 Å². The summed E-state index contributed by atoms with van der Waals surface area (Å²) in [5.74, 6) is -2.00. The number of rotatable bonds is 4. The predicted octanol–water partition coefficient (Wildman–Crippen LogP) is 3.53. The number of ether oxygens (including phenoxy) is 1. The van der Waals surface area contributed by atoms with E-state index in [4.69, 9.17) is 16.3 Å². The summed E-state index contributed by atoms with van der Waals surface area (Å²) in [4.78, 5) is 38.4. The molecule has 0 saturated heterocycles. The molecule has 7 heteroatoms. The highest BCUT2D eigenvalue weighted by molar-refractivity contribution is 6.53. The zero-order chi connectivity index (χ0) is 19.7. The number of para-hydroxylation sites is 1. The number of amides is 2. The number of anilines is 2. The third kappa shape index (κ3) is 3.31. The second-order valence-electron chi connectivity index (χ2n) is 6.07. The van der Waals surface area contributed by atoms with E-state index in [-0.39, 0.29) is 22.0 Å². The van der Waals surface area contributed by atoms with Crippen LogP contribution in [0.15, 0.2) is 53.2 Å². The molecule has 0 aliphatic carbocycles. The number of esters is 1. The van der Waals surface area contributed by atoms with E-state index in [2.05, 4.69) is 5.32 Å². The van der Waals surface area contributed by atoms with Crippen molar-refractivity contribution in [2.24, 2.45) is 0 Å². The molecule has 0 fully saturated rings. The van der Waals surface area contributed by atoms with Gasteiger partial charge >= 0.3 is 5.97 Å². The average molecular weight is 385 g/mol. The molecule has 138 valence electrons. The van der Waals surface area contributed by atoms with Gasteiger partial charge in [-0.3, -0.25) is 9.59 Å². The molecule has 0 aromatic heterocycles. The standard InChI is InChI=1S/C20H17ClN2O4/c1-11-8-9-13(10-12(11)2)22-17-16(21)18(24)23(19(17)25)15-7-5-4-6-14(15)20(26)27-3/h4-10,22H,1-3H3. The number of carbonyl (C=O) groups excluding carboxylic acids is 3. The van der Waals surface area contributed by atoms with Crippen molar-refractivity contribution >= 4 is 40.8 Å². The highest BCUT2D eigenvalue weighted by Gasteiger charge is 2.40. The number of aryl methyl sites for hydroxylation is 2. The minimum atomic E-state index is -0.704. The van der Waals surface area contributed by atoms with Crippen LogP contribution in [0.2, 0.25) is 0 Å². The summed E-state index contributed by atoms with van der Waals surface area (Å²) in [5, 5.41) is 2.68. The van der Waals surface area contributed by atoms with E-state index in [1.807, 2.05) is 26.0 Å². The average Bonchev–Trinajstić information content (AvgIpc) is 2.87. The number of methoxy groups -OCH3 is 1. The van der Waals surface area contributed by atoms with Gasteiger partial charge in [-0.25, -0.2) is 9.69 Å². The van der Waals surface area contributed by atoms with Gasteiger partial charge in [0.05, 0.1) is 18.4 Å². The first-order chi connectivity index (χ1) is 12.8. The SMILES string of the molecule is COC(=O)c1ccccc1N1C(=O)C(Cl)=C(Nc2ccc(C)c(C)c2)C1=O. The number of hydrogen-bond donors (Lipinski definition) is 1. The van der Waals surface area contributed by atoms with Crippen molar-refractivity contribution in [2.45, 2.75) is 13.8 Å². The summed E-state index contributed by atoms with van der Waals surface area (Å²) < 4.78 is 4.73. The molecular formula is C20H17ClN2O4. The van der Waals surface area contributed by atoms with Gasteiger partial charge in [0.1, 0.15) is 10.7 Å². The van der Waals surface area contributed by atoms with Crippen molar-refractivity contribution < 1.29 is 19.1 Å². The lowest BCUT2D eigenvalue weighted by atomic mass is 10.1. The Morgan fingerprint density at radius 2 is 1.74 bits per heavy atom. The van der Waals surface area contributed by atoms with E-state index in [9.17, 15) is 14.4 Å². The van der Waals surface area contributed by atoms with Gasteiger partial charge in [0.25, 0.3) is 11.8 Å². The maximum atomic E-state index is 12.9. The van der Waals surface area contributed by atoms with Crippen LogP contribution in [0, 0.1) is 13.8 Å². The minimum absolute atomic E-state index is 0.0374. The molecule has 1 aliphatic heterocycles. The lowest BCUT2D eigenvalue weighted by Crippen LogP contribution is -2.33. The minimum Gasteiger partial charge on any atom is -0.465 e. The molecule has 0 saturated carbocycles. The van der Waals surface area contributed by atoms with Gasteiger partial charge in [0, 0.05) is 5.69 Å². The number of nitrogens with one attached hydrogen (secondary N) is 1. The number of carbonyl (C=O) groups is 3. The first kappa shape index (κ1) is 18.7. The van der Waals surface area contributed by atoms with Gasteiger partial charge in [-0.2, -0.15) is 0 Å². The Bertz CT molecular complexity index is 997. The van der Waals surface area contributed by atoms with E-state index in [1.54, 1.807) is 18.2 Å². The van der Waals surface area contributed by atoms with Crippen LogP contribution in [0.3, 0.4) is 0 Å². The largest absolute Gasteiger partial charge is 0.465 e. The molecule has 3 rings (SSSR count). The quantitative estimate of drug-likeness (QED) is 0.644. The van der Waals surface area contributed by atoms with Crippen LogP contribution in [0.25, 0.3) is 0 Å². The van der Waals surface area contributed by atoms with Crippen LogP contribution < -0.4 is 10.2 Å². The van der Waals surface area contributed by atoms with Crippen molar-refractivity contribution in [3.63, 3.8) is 0 Å². The fourth-order valence-electron chi connectivity index (χ4n) is 2.74. The Labute approximate surface area is 161 Å². The van der Waals surface area contributed by atoms with Crippen LogP contribution in [0.5, 0.6) is 0 Å². The number of imide groups is 1. The lowest BCUT2D eigenvalue weighted by molar-refractivity contribution is -0.120. The van der Waals surface area contributed by atoms with Gasteiger partial charge in [0.15, 0.2) is 0 Å². The molecule has 1 N–H and O–H groups in total. The molecule has 0 unspecified atom stereocenters. The summed E-state index contributed by atoms with van der Waals surface area (Å²) in [5.41, 5.74) is 2.94. The van der Waals surface area contributed by atoms with Gasteiger partial charge in [-0.05, 0) is 49.2 Å². The summed E-state index contributed by atoms with van der Waals surface area (Å²) in [6.45, 7) is 3.91. The summed E-state index contributed by atoms with van der Waals surface area (Å²) >= 11 is 6.14. The lowest BCUT2D eigenvalue weighted by Gasteiger charge is -2.18. The molecule has 1 aliphatic rings. The van der Waals surface area contributed by atoms with Crippen molar-refractivity contribution in [1.29, 1.82) is 0 Å². The molecule has 1 heterocycles. The van der Waals surface area contributed by atoms with E-state index >= 15 is 0 Å². The maximum absolute atomic E-state index is 12.9. The summed E-state index contributed by atoms with van der Waals surface area (Å²) in [6, 6.07) is 11.7. The number of nitrogens with zero attached hydrogens (tertiary/aromatic N) is 1. The Hall–Kier alpha value is -3.12. The number of halogens is 1. The Morgan fingerprint density at radius 3 is 2.41 bits per heavy atom. The molecule has 6 nitrogen and oxygen atoms in total. The zero-order valence-corrected chi connectivity index (χ0v) is 15.8. The Morgan fingerprint density at radius 1 is 1.04 bits per heavy atom. The molecule has 27 heavy (non-hydrogen) atoms. The van der Waals surface area contributed by atoms with E-state index in [0.717, 1.165) is 16.0 Å². The van der Waals surface area contributed by atoms with Crippen molar-refractivity contribution in [2.75, 3.05) is 17.3 Å². The Balaban J connectivity index is 1.97. The highest BCUT2D eigenvalue weighted by atomic mass is 35.5. The zero-order valence-electron chi connectivity index (χ0n) is 15.0. The molecule has 0 spiro atoms. The van der Waals surface area contributed by atoms with Crippen molar-refractivity contribution in [1.82, 2.24) is 0 Å². The second kappa shape index (κ2) is 7.25. The van der Waals surface area contributed by atoms with E-state index in [1.165, 1.54) is 19.2 Å². The van der Waals surface area contributed by atoms with Gasteiger partial charge in [-0.15, -0.1) is 0 Å². The van der Waals surface area contributed by atoms with Gasteiger partial charge < -0.3 is 10.1 Å². The fraction of sp³-hybridized carbons (Fsp3) is 0.150. The van der Waals surface area contributed by atoms with Crippen molar-refractivity contribution in [3.8, 4) is 0 Å². The molecule has 0 atom stereocenters. The van der Waals surface area contributed by atoms with Crippen molar-refractivity contribution in [3.05, 3.63) is 69.9 Å². The maximum Gasteiger partial charge on any atom is 0.339 e. The van der Waals surface area contributed by atoms with E-state index in [0.29, 0.717) is 5.69 Å². The first-order valence-corrected chi connectivity index (χ1v) is 8.53. The van der Waals surface area contributed by atoms with Crippen LogP contribution in [0.4, 0.5) is 11.4 Å². The normalized spacial score (nSPS) is 14.0. The molecule has 2 aromatic carbocycles. The van der Waals surface area contributed by atoms with E-state index < -0.39 is 17.8 Å². The third-order valence-electron chi connectivity index (χ3n) is 4.35. The smallest absolute Gasteiger partial charge is 0.339 e. The first-order valence-electron chi connectivity index (χ1n) is 8.15. The number of hydrogen-bond acceptors (Lipinski definition) is 5. The highest BCUT2D eigenvalue weighted by Crippen LogP contribution is 2.32. The van der Waals surface area contributed by atoms with Crippen LogP contribution in [-0.2, 0) is 14.3 Å². The molecule has 2 aromatic rings. The third-order valence-corrected chi connectivity index (χ3v) is 4.70. The molecule has 0 bridgehead atoms. The molecule has 0 radical (unpaired) electrons. The fourth-order valence-corrected chi connectivity index (χ4v) is 2.96. The van der Waals surface area contributed by atoms with Crippen LogP contribution in [0.1, 0.15) is 21.5 Å². The number of benzene rings is 2.